The van der Waals surface area contributed by atoms with Gasteiger partial charge in [0.15, 0.2) is 18.9 Å². The summed E-state index contributed by atoms with van der Waals surface area (Å²) in [4.78, 5) is 13.3. The summed E-state index contributed by atoms with van der Waals surface area (Å²) in [5.41, 5.74) is 0. The third-order valence-electron chi connectivity index (χ3n) is 17.1. The van der Waals surface area contributed by atoms with Crippen LogP contribution in [0.5, 0.6) is 0 Å². The molecule has 83 heavy (non-hydrogen) atoms. The van der Waals surface area contributed by atoms with Gasteiger partial charge in [0, 0.05) is 6.42 Å². The van der Waals surface area contributed by atoms with Crippen molar-refractivity contribution in [2.24, 2.45) is 0 Å². The van der Waals surface area contributed by atoms with E-state index in [9.17, 15) is 61.0 Å². The van der Waals surface area contributed by atoms with Gasteiger partial charge in [-0.25, -0.2) is 0 Å². The molecule has 17 atom stereocenters. The first-order chi connectivity index (χ1) is 40.3. The number of unbranched alkanes of at least 4 members (excludes halogenated alkanes) is 35. The van der Waals surface area contributed by atoms with Crippen molar-refractivity contribution in [3.63, 3.8) is 0 Å². The predicted molar refractivity (Wildman–Crippen MR) is 319 cm³/mol. The number of carbonyl (C=O) groups excluding carboxylic acids is 1. The summed E-state index contributed by atoms with van der Waals surface area (Å²) in [6.45, 7) is 1.72. The molecule has 3 rings (SSSR count). The Morgan fingerprint density at radius 3 is 1.13 bits per heavy atom. The van der Waals surface area contributed by atoms with Gasteiger partial charge >= 0.3 is 0 Å². The van der Waals surface area contributed by atoms with Crippen LogP contribution >= 0.6 is 0 Å². The standard InChI is InChI=1S/C64H121NO18/c1-3-5-7-9-11-13-15-16-17-18-19-20-21-22-23-24-25-26-27-28-29-30-31-32-34-36-38-40-42-52(70)65-47(48(69)41-39-37-35-33-14-12-10-8-6-4-2)46-78-62-58(76)55(73)60(50(44-67)80-62)83-64-59(77)56(74)61(51(45-68)81-64)82-63-57(75)54(72)53(71)49(43-66)79-63/h39,41,47-51,53-64,66-69,71-77H,3-38,40,42-46H2,1-2H3,(H,65,70)/b41-39+. The molecule has 12 N–H and O–H groups in total. The van der Waals surface area contributed by atoms with Gasteiger partial charge in [-0.15, -0.1) is 0 Å². The highest BCUT2D eigenvalue weighted by Gasteiger charge is 2.53. The topological polar surface area (TPSA) is 307 Å². The maximum absolute atomic E-state index is 13.3. The van der Waals surface area contributed by atoms with Crippen molar-refractivity contribution in [1.82, 2.24) is 5.32 Å². The van der Waals surface area contributed by atoms with Crippen molar-refractivity contribution in [3.8, 4) is 0 Å². The molecule has 19 heteroatoms. The summed E-state index contributed by atoms with van der Waals surface area (Å²) >= 11 is 0. The van der Waals surface area contributed by atoms with Crippen LogP contribution in [0.1, 0.15) is 258 Å². The number of aliphatic hydroxyl groups excluding tert-OH is 11. The van der Waals surface area contributed by atoms with Crippen LogP contribution in [-0.2, 0) is 33.2 Å². The van der Waals surface area contributed by atoms with E-state index >= 15 is 0 Å². The van der Waals surface area contributed by atoms with Gasteiger partial charge in [-0.05, 0) is 19.3 Å². The fraction of sp³-hybridized carbons (Fsp3) is 0.953. The Morgan fingerprint density at radius 2 is 0.747 bits per heavy atom. The molecule has 3 aliphatic heterocycles. The molecule has 1 amide bonds. The molecule has 0 bridgehead atoms. The largest absolute Gasteiger partial charge is 0.394 e. The number of nitrogens with one attached hydrogen (secondary N) is 1. The van der Waals surface area contributed by atoms with E-state index in [0.29, 0.717) is 6.42 Å². The van der Waals surface area contributed by atoms with Gasteiger partial charge in [-0.1, -0.05) is 244 Å². The zero-order valence-electron chi connectivity index (χ0n) is 51.4. The van der Waals surface area contributed by atoms with Gasteiger partial charge in [-0.3, -0.25) is 4.79 Å². The van der Waals surface area contributed by atoms with Gasteiger partial charge in [-0.2, -0.15) is 0 Å². The molecule has 0 aromatic rings. The van der Waals surface area contributed by atoms with Gasteiger partial charge in [0.05, 0.1) is 38.6 Å². The lowest BCUT2D eigenvalue weighted by atomic mass is 9.96. The van der Waals surface area contributed by atoms with Crippen molar-refractivity contribution in [2.75, 3.05) is 26.4 Å². The maximum atomic E-state index is 13.3. The molecular weight excluding hydrogens is 1070 g/mol. The minimum Gasteiger partial charge on any atom is -0.394 e. The van der Waals surface area contributed by atoms with Crippen LogP contribution in [0.2, 0.25) is 0 Å². The third-order valence-corrected chi connectivity index (χ3v) is 17.1. The van der Waals surface area contributed by atoms with Gasteiger partial charge in [0.2, 0.25) is 5.91 Å². The zero-order valence-corrected chi connectivity index (χ0v) is 51.4. The minimum atomic E-state index is -1.97. The van der Waals surface area contributed by atoms with Crippen molar-refractivity contribution >= 4 is 5.91 Å². The maximum Gasteiger partial charge on any atom is 0.220 e. The van der Waals surface area contributed by atoms with Crippen LogP contribution in [0, 0.1) is 0 Å². The highest BCUT2D eigenvalue weighted by molar-refractivity contribution is 5.76. The van der Waals surface area contributed by atoms with Crippen LogP contribution in [0.4, 0.5) is 0 Å². The molecule has 3 aliphatic rings. The first-order valence-electron chi connectivity index (χ1n) is 33.4. The van der Waals surface area contributed by atoms with Gasteiger partial charge < -0.3 is 89.9 Å². The summed E-state index contributed by atoms with van der Waals surface area (Å²) in [6.07, 6.45) is 23.7. The van der Waals surface area contributed by atoms with Crippen LogP contribution in [-0.4, -0.2) is 193 Å². The Bertz CT molecular complexity index is 1560. The molecule has 0 aromatic heterocycles. The van der Waals surface area contributed by atoms with Crippen LogP contribution in [0.25, 0.3) is 0 Å². The van der Waals surface area contributed by atoms with Crippen LogP contribution in [0.3, 0.4) is 0 Å². The van der Waals surface area contributed by atoms with E-state index in [0.717, 1.165) is 44.9 Å². The molecule has 0 spiro atoms. The number of hydrogen-bond acceptors (Lipinski definition) is 18. The molecule has 19 nitrogen and oxygen atoms in total. The molecule has 3 fully saturated rings. The average molecular weight is 1190 g/mol. The summed E-state index contributed by atoms with van der Waals surface area (Å²) < 4.78 is 34.2. The Balaban J connectivity index is 1.37. The van der Waals surface area contributed by atoms with E-state index in [-0.39, 0.29) is 18.9 Å². The van der Waals surface area contributed by atoms with E-state index in [4.69, 9.17) is 28.4 Å². The van der Waals surface area contributed by atoms with Crippen molar-refractivity contribution in [1.29, 1.82) is 0 Å². The monoisotopic (exact) mass is 1190 g/mol. The first kappa shape index (κ1) is 75.8. The predicted octanol–water partition coefficient (Wildman–Crippen LogP) is 7.72. The second-order valence-corrected chi connectivity index (χ2v) is 24.3. The first-order valence-corrected chi connectivity index (χ1v) is 33.4. The highest BCUT2D eigenvalue weighted by Crippen LogP contribution is 2.33. The molecule has 0 aromatic carbocycles. The average Bonchev–Trinajstić information content (AvgIpc) is 3.68. The minimum absolute atomic E-state index is 0.249. The quantitative estimate of drug-likeness (QED) is 0.0205. The smallest absolute Gasteiger partial charge is 0.220 e. The summed E-state index contributed by atoms with van der Waals surface area (Å²) in [7, 11) is 0. The Hall–Kier alpha value is -1.47. The second-order valence-electron chi connectivity index (χ2n) is 24.3. The molecule has 0 saturated carbocycles. The van der Waals surface area contributed by atoms with Crippen molar-refractivity contribution in [3.05, 3.63) is 12.2 Å². The van der Waals surface area contributed by atoms with E-state index in [1.54, 1.807) is 6.08 Å². The van der Waals surface area contributed by atoms with E-state index < -0.39 is 124 Å². The molecule has 0 radical (unpaired) electrons. The third kappa shape index (κ3) is 30.5. The number of amides is 1. The van der Waals surface area contributed by atoms with Crippen molar-refractivity contribution in [2.45, 2.75) is 362 Å². The molecular formula is C64H121NO18. The Labute approximate surface area is 499 Å². The van der Waals surface area contributed by atoms with E-state index in [1.807, 2.05) is 6.08 Å². The number of rotatable bonds is 51. The van der Waals surface area contributed by atoms with E-state index in [2.05, 4.69) is 19.2 Å². The molecule has 490 valence electrons. The Kier molecular flexibility index (Phi) is 43.4. The lowest BCUT2D eigenvalue weighted by Gasteiger charge is -2.48. The SMILES string of the molecule is CCCCCCCCCC/C=C/C(O)C(COC1OC(CO)C(OC2OC(CO)C(OC3OC(CO)C(O)C(O)C3O)C(O)C2O)C(O)C1O)NC(=O)CCCCCCCCCCCCCCCCCCCCCCCCCCCCCC. The van der Waals surface area contributed by atoms with Crippen LogP contribution in [0.15, 0.2) is 12.2 Å². The normalized spacial score (nSPS) is 29.4. The number of carbonyl (C=O) groups is 1. The summed E-state index contributed by atoms with van der Waals surface area (Å²) in [5.74, 6) is -0.272. The van der Waals surface area contributed by atoms with Gasteiger partial charge in [0.1, 0.15) is 73.2 Å². The van der Waals surface area contributed by atoms with Crippen LogP contribution < -0.4 is 5.32 Å². The lowest BCUT2D eigenvalue weighted by molar-refractivity contribution is -0.379. The molecule has 3 heterocycles. The summed E-state index contributed by atoms with van der Waals surface area (Å²) in [5, 5.41) is 120. The highest BCUT2D eigenvalue weighted by atomic mass is 16.8. The number of ether oxygens (including phenoxy) is 6. The number of allylic oxidation sites excluding steroid dienone is 1. The zero-order chi connectivity index (χ0) is 60.5. The molecule has 3 saturated heterocycles. The number of hydrogen-bond donors (Lipinski definition) is 12. The molecule has 17 unspecified atom stereocenters. The van der Waals surface area contributed by atoms with Crippen molar-refractivity contribution < 1.29 is 89.4 Å². The molecule has 0 aliphatic carbocycles. The van der Waals surface area contributed by atoms with Gasteiger partial charge in [0.25, 0.3) is 0 Å². The Morgan fingerprint density at radius 1 is 0.422 bits per heavy atom. The fourth-order valence-electron chi connectivity index (χ4n) is 11.6. The summed E-state index contributed by atoms with van der Waals surface area (Å²) in [6, 6.07) is -0.966. The number of aliphatic hydroxyl groups is 11. The van der Waals surface area contributed by atoms with E-state index in [1.165, 1.54) is 186 Å². The second kappa shape index (κ2) is 47.5. The lowest BCUT2D eigenvalue weighted by Crippen LogP contribution is -2.66. The fourth-order valence-corrected chi connectivity index (χ4v) is 11.6.